The lowest BCUT2D eigenvalue weighted by atomic mass is 10.1. The van der Waals surface area contributed by atoms with E-state index in [0.29, 0.717) is 0 Å². The van der Waals surface area contributed by atoms with Crippen molar-refractivity contribution in [2.45, 2.75) is 11.1 Å². The first-order valence-corrected chi connectivity index (χ1v) is 6.90. The fourth-order valence-corrected chi connectivity index (χ4v) is 3.44. The van der Waals surface area contributed by atoms with Crippen LogP contribution in [0.3, 0.4) is 0 Å². The van der Waals surface area contributed by atoms with E-state index in [0.717, 1.165) is 12.1 Å². The van der Waals surface area contributed by atoms with E-state index in [2.05, 4.69) is 25.6 Å². The fourth-order valence-electron chi connectivity index (χ4n) is 1.42. The van der Waals surface area contributed by atoms with E-state index in [9.17, 15) is 21.6 Å². The van der Waals surface area contributed by atoms with Crippen LogP contribution < -0.4 is 5.32 Å². The van der Waals surface area contributed by atoms with Crippen LogP contribution in [0.4, 0.5) is 18.9 Å². The van der Waals surface area contributed by atoms with E-state index in [1.807, 2.05) is 0 Å². The molecular formula is C8H3BrClF3N2O2S. The number of anilines is 1. The maximum absolute atomic E-state index is 12.8. The molecule has 1 aliphatic rings. The molecule has 4 nitrogen and oxygen atoms in total. The molecule has 0 saturated carbocycles. The molecule has 98 valence electrons. The van der Waals surface area contributed by atoms with E-state index in [-0.39, 0.29) is 4.47 Å². The number of fused-ring (bicyclic) bond motifs is 1. The number of hydrogen-bond donors (Lipinski definition) is 1. The van der Waals surface area contributed by atoms with Gasteiger partial charge in [0, 0.05) is 4.47 Å². The average Bonchev–Trinajstić information content (AvgIpc) is 2.15. The van der Waals surface area contributed by atoms with Gasteiger partial charge < -0.3 is 5.32 Å². The van der Waals surface area contributed by atoms with E-state index in [4.69, 9.17) is 11.6 Å². The largest absolute Gasteiger partial charge is 0.418 e. The van der Waals surface area contributed by atoms with Crippen LogP contribution in [0.15, 0.2) is 25.9 Å². The molecule has 0 aliphatic carbocycles. The Bertz CT molecular complexity index is 657. The monoisotopic (exact) mass is 362 g/mol. The van der Waals surface area contributed by atoms with Gasteiger partial charge in [0.1, 0.15) is 4.90 Å². The number of amidine groups is 1. The van der Waals surface area contributed by atoms with Crippen LogP contribution in [0.5, 0.6) is 0 Å². The van der Waals surface area contributed by atoms with Gasteiger partial charge in [-0.25, -0.2) is 0 Å². The summed E-state index contributed by atoms with van der Waals surface area (Å²) in [5, 5.41) is 1.48. The first kappa shape index (κ1) is 13.6. The molecule has 0 radical (unpaired) electrons. The Hall–Kier alpha value is -0.800. The smallest absolute Gasteiger partial charge is 0.328 e. The number of hydrogen-bond acceptors (Lipinski definition) is 3. The molecule has 10 heteroatoms. The van der Waals surface area contributed by atoms with Crippen LogP contribution in [0.1, 0.15) is 5.56 Å². The normalized spacial score (nSPS) is 17.7. The second-order valence-electron chi connectivity index (χ2n) is 3.31. The second-order valence-corrected chi connectivity index (χ2v) is 6.15. The molecule has 1 N–H and O–H groups in total. The summed E-state index contributed by atoms with van der Waals surface area (Å²) in [6.45, 7) is 0. The van der Waals surface area contributed by atoms with Crippen molar-refractivity contribution in [2.24, 2.45) is 4.40 Å². The summed E-state index contributed by atoms with van der Waals surface area (Å²) >= 11 is 8.20. The summed E-state index contributed by atoms with van der Waals surface area (Å²) in [6.07, 6.45) is -4.72. The van der Waals surface area contributed by atoms with Crippen LogP contribution in [0.25, 0.3) is 0 Å². The fraction of sp³-hybridized carbons (Fsp3) is 0.125. The number of halogens is 5. The molecule has 1 heterocycles. The molecule has 0 aromatic heterocycles. The van der Waals surface area contributed by atoms with Gasteiger partial charge in [-0.1, -0.05) is 15.9 Å². The summed E-state index contributed by atoms with van der Waals surface area (Å²) in [5.74, 6) is 0. The molecule has 18 heavy (non-hydrogen) atoms. The highest BCUT2D eigenvalue weighted by atomic mass is 79.9. The summed E-state index contributed by atoms with van der Waals surface area (Å²) in [5.41, 5.74) is -1.76. The Labute approximate surface area is 113 Å². The van der Waals surface area contributed by atoms with Crippen molar-refractivity contribution in [1.29, 1.82) is 0 Å². The van der Waals surface area contributed by atoms with Crippen LogP contribution >= 0.6 is 27.5 Å². The number of alkyl halides is 3. The molecule has 0 saturated heterocycles. The van der Waals surface area contributed by atoms with Gasteiger partial charge in [0.15, 0.2) is 0 Å². The van der Waals surface area contributed by atoms with Crippen LogP contribution in [0, 0.1) is 0 Å². The predicted molar refractivity (Wildman–Crippen MR) is 63.2 cm³/mol. The third-order valence-electron chi connectivity index (χ3n) is 2.08. The first-order valence-electron chi connectivity index (χ1n) is 4.29. The van der Waals surface area contributed by atoms with Gasteiger partial charge >= 0.3 is 6.18 Å². The lowest BCUT2D eigenvalue weighted by Crippen LogP contribution is -2.21. The molecule has 0 spiro atoms. The molecule has 0 fully saturated rings. The van der Waals surface area contributed by atoms with Gasteiger partial charge in [0.05, 0.1) is 11.3 Å². The van der Waals surface area contributed by atoms with E-state index >= 15 is 0 Å². The first-order chi connectivity index (χ1) is 8.11. The number of benzene rings is 1. The molecule has 0 unspecified atom stereocenters. The third kappa shape index (κ3) is 2.34. The molecule has 1 aromatic carbocycles. The SMILES string of the molecule is O=S1(=O)N=C(Cl)Nc2c(C(F)(F)F)cc(Br)cc21. The number of rotatable bonds is 0. The summed E-state index contributed by atoms with van der Waals surface area (Å²) < 4.78 is 64.7. The lowest BCUT2D eigenvalue weighted by molar-refractivity contribution is -0.137. The van der Waals surface area contributed by atoms with Gasteiger partial charge in [0.25, 0.3) is 10.0 Å². The molecule has 0 amide bonds. The van der Waals surface area contributed by atoms with Gasteiger partial charge in [-0.2, -0.15) is 21.6 Å². The molecule has 1 aliphatic heterocycles. The molecule has 0 atom stereocenters. The highest BCUT2D eigenvalue weighted by Gasteiger charge is 2.39. The van der Waals surface area contributed by atoms with E-state index in [1.165, 1.54) is 0 Å². The van der Waals surface area contributed by atoms with Gasteiger partial charge in [-0.3, -0.25) is 0 Å². The van der Waals surface area contributed by atoms with Crippen molar-refractivity contribution in [3.63, 3.8) is 0 Å². The molecule has 2 rings (SSSR count). The maximum atomic E-state index is 12.8. The van der Waals surface area contributed by atoms with Crippen molar-refractivity contribution in [1.82, 2.24) is 0 Å². The van der Waals surface area contributed by atoms with Gasteiger partial charge in [0.2, 0.25) is 5.29 Å². The summed E-state index contributed by atoms with van der Waals surface area (Å²) in [6, 6.07) is 1.79. The molecular weight excluding hydrogens is 361 g/mol. The number of nitrogens with one attached hydrogen (secondary N) is 1. The zero-order chi connectivity index (χ0) is 13.7. The van der Waals surface area contributed by atoms with Crippen LogP contribution in [-0.2, 0) is 16.2 Å². The number of nitrogens with zero attached hydrogens (tertiary/aromatic N) is 1. The zero-order valence-corrected chi connectivity index (χ0v) is 11.4. The lowest BCUT2D eigenvalue weighted by Gasteiger charge is -2.20. The van der Waals surface area contributed by atoms with Crippen LogP contribution in [-0.4, -0.2) is 13.7 Å². The molecule has 1 aromatic rings. The second kappa shape index (κ2) is 4.10. The van der Waals surface area contributed by atoms with Gasteiger partial charge in [-0.15, -0.1) is 4.40 Å². The zero-order valence-electron chi connectivity index (χ0n) is 8.22. The highest BCUT2D eigenvalue weighted by Crippen LogP contribution is 2.42. The maximum Gasteiger partial charge on any atom is 0.418 e. The topological polar surface area (TPSA) is 58.5 Å². The Morgan fingerprint density at radius 3 is 2.50 bits per heavy atom. The minimum absolute atomic E-state index is 0.0211. The summed E-state index contributed by atoms with van der Waals surface area (Å²) in [4.78, 5) is -0.575. The van der Waals surface area contributed by atoms with Crippen molar-refractivity contribution < 1.29 is 21.6 Å². The minimum Gasteiger partial charge on any atom is -0.328 e. The van der Waals surface area contributed by atoms with Crippen LogP contribution in [0.2, 0.25) is 0 Å². The predicted octanol–water partition coefficient (Wildman–Crippen LogP) is 3.18. The highest BCUT2D eigenvalue weighted by molar-refractivity contribution is 9.10. The Kier molecular flexibility index (Phi) is 3.11. The molecule has 0 bridgehead atoms. The summed E-state index contributed by atoms with van der Waals surface area (Å²) in [7, 11) is -4.23. The van der Waals surface area contributed by atoms with Crippen molar-refractivity contribution in [3.8, 4) is 0 Å². The van der Waals surface area contributed by atoms with E-state index < -0.39 is 37.6 Å². The minimum atomic E-state index is -4.72. The quantitative estimate of drug-likeness (QED) is 0.720. The van der Waals surface area contributed by atoms with Crippen molar-refractivity contribution in [3.05, 3.63) is 22.2 Å². The average molecular weight is 364 g/mol. The third-order valence-corrected chi connectivity index (χ3v) is 4.12. The Morgan fingerprint density at radius 1 is 1.33 bits per heavy atom. The van der Waals surface area contributed by atoms with Crippen molar-refractivity contribution in [2.75, 3.05) is 5.32 Å². The van der Waals surface area contributed by atoms with E-state index in [1.54, 1.807) is 0 Å². The Morgan fingerprint density at radius 2 is 1.94 bits per heavy atom. The Balaban J connectivity index is 2.83. The van der Waals surface area contributed by atoms with Crippen molar-refractivity contribution >= 4 is 48.5 Å². The number of sulfonamides is 1. The van der Waals surface area contributed by atoms with Gasteiger partial charge in [-0.05, 0) is 23.7 Å². The standard InChI is InChI=1S/C8H3BrClF3N2O2S/c9-3-1-4(8(11,12)13)6-5(2-3)18(16,17)15-7(10)14-6/h1-2H,(H,14,15).